The Hall–Kier alpha value is -0.0800. The first-order valence-corrected chi connectivity index (χ1v) is 9.58. The average molecular weight is 301 g/mol. The lowest BCUT2D eigenvalue weighted by Gasteiger charge is -2.18. The number of aliphatic hydroxyl groups excluding tert-OH is 1. The third kappa shape index (κ3) is 14.6. The summed E-state index contributed by atoms with van der Waals surface area (Å²) in [5, 5.41) is 19.0. The zero-order valence-corrected chi connectivity index (χ0v) is 14.7. The first-order valence-electron chi connectivity index (χ1n) is 9.58. The van der Waals surface area contributed by atoms with Gasteiger partial charge in [-0.2, -0.15) is 0 Å². The maximum atomic E-state index is 9.48. The molecule has 128 valence electrons. The number of rotatable bonds is 16. The van der Waals surface area contributed by atoms with Gasteiger partial charge in [-0.05, 0) is 12.8 Å². The van der Waals surface area contributed by atoms with E-state index in [1.54, 1.807) is 0 Å². The number of aliphatic hydroxyl groups is 2. The summed E-state index contributed by atoms with van der Waals surface area (Å²) in [6.45, 7) is 4.48. The Morgan fingerprint density at radius 2 is 0.857 bits per heavy atom. The maximum Gasteiger partial charge on any atom is 0.154 e. The Kier molecular flexibility index (Phi) is 16.2. The van der Waals surface area contributed by atoms with Gasteiger partial charge in [-0.15, -0.1) is 0 Å². The molecular formula is C19H40O2. The van der Waals surface area contributed by atoms with Crippen molar-refractivity contribution in [1.82, 2.24) is 0 Å². The summed E-state index contributed by atoms with van der Waals surface area (Å²) in [6.07, 6.45) is 17.6. The second-order valence-electron chi connectivity index (χ2n) is 6.64. The smallest absolute Gasteiger partial charge is 0.154 e. The van der Waals surface area contributed by atoms with Crippen LogP contribution in [0.25, 0.3) is 0 Å². The Morgan fingerprint density at radius 1 is 0.524 bits per heavy atom. The highest BCUT2D eigenvalue weighted by molar-refractivity contribution is 4.62. The average Bonchev–Trinajstić information content (AvgIpc) is 2.47. The van der Waals surface area contributed by atoms with Gasteiger partial charge in [-0.1, -0.05) is 97.3 Å². The summed E-state index contributed by atoms with van der Waals surface area (Å²) in [4.78, 5) is 0. The van der Waals surface area contributed by atoms with Crippen LogP contribution < -0.4 is 0 Å². The van der Waals surface area contributed by atoms with Gasteiger partial charge in [0.15, 0.2) is 6.29 Å². The molecule has 1 atom stereocenters. The van der Waals surface area contributed by atoms with Crippen molar-refractivity contribution in [3.8, 4) is 0 Å². The SMILES string of the molecule is CCCCCCCCCC(CCCCCCCC)C(O)O. The summed E-state index contributed by atoms with van der Waals surface area (Å²) < 4.78 is 0. The number of unbranched alkanes of at least 4 members (excludes halogenated alkanes) is 11. The fourth-order valence-electron chi connectivity index (χ4n) is 2.99. The van der Waals surface area contributed by atoms with E-state index in [2.05, 4.69) is 13.8 Å². The fraction of sp³-hybridized carbons (Fsp3) is 1.00. The van der Waals surface area contributed by atoms with Crippen LogP contribution in [0.3, 0.4) is 0 Å². The van der Waals surface area contributed by atoms with Crippen LogP contribution in [0.2, 0.25) is 0 Å². The Labute approximate surface area is 133 Å². The second-order valence-corrected chi connectivity index (χ2v) is 6.64. The van der Waals surface area contributed by atoms with E-state index in [0.29, 0.717) is 0 Å². The highest BCUT2D eigenvalue weighted by Gasteiger charge is 2.15. The van der Waals surface area contributed by atoms with Gasteiger partial charge in [-0.25, -0.2) is 0 Å². The molecule has 21 heavy (non-hydrogen) atoms. The minimum absolute atomic E-state index is 0.104. The van der Waals surface area contributed by atoms with Gasteiger partial charge in [0, 0.05) is 5.92 Å². The lowest BCUT2D eigenvalue weighted by Crippen LogP contribution is -2.19. The molecule has 0 aromatic heterocycles. The van der Waals surface area contributed by atoms with E-state index >= 15 is 0 Å². The summed E-state index contributed by atoms with van der Waals surface area (Å²) in [5.41, 5.74) is 0. The molecular weight excluding hydrogens is 260 g/mol. The zero-order chi connectivity index (χ0) is 15.8. The molecule has 0 amide bonds. The third-order valence-electron chi connectivity index (χ3n) is 4.53. The van der Waals surface area contributed by atoms with Crippen molar-refractivity contribution in [2.45, 2.75) is 116 Å². The van der Waals surface area contributed by atoms with E-state index in [1.807, 2.05) is 0 Å². The van der Waals surface area contributed by atoms with Crippen molar-refractivity contribution >= 4 is 0 Å². The molecule has 0 spiro atoms. The van der Waals surface area contributed by atoms with Gasteiger partial charge < -0.3 is 10.2 Å². The van der Waals surface area contributed by atoms with Gasteiger partial charge in [0.25, 0.3) is 0 Å². The lowest BCUT2D eigenvalue weighted by molar-refractivity contribution is -0.0890. The van der Waals surface area contributed by atoms with Crippen LogP contribution in [-0.4, -0.2) is 16.5 Å². The van der Waals surface area contributed by atoms with Gasteiger partial charge in [0.05, 0.1) is 0 Å². The molecule has 0 saturated carbocycles. The molecule has 2 heteroatoms. The maximum absolute atomic E-state index is 9.48. The molecule has 2 N–H and O–H groups in total. The van der Waals surface area contributed by atoms with Crippen molar-refractivity contribution < 1.29 is 10.2 Å². The Morgan fingerprint density at radius 3 is 1.19 bits per heavy atom. The molecule has 0 aromatic carbocycles. The minimum Gasteiger partial charge on any atom is -0.368 e. The largest absolute Gasteiger partial charge is 0.368 e. The summed E-state index contributed by atoms with van der Waals surface area (Å²) >= 11 is 0. The van der Waals surface area contributed by atoms with Crippen molar-refractivity contribution in [3.63, 3.8) is 0 Å². The molecule has 1 unspecified atom stereocenters. The van der Waals surface area contributed by atoms with E-state index in [-0.39, 0.29) is 5.92 Å². The van der Waals surface area contributed by atoms with E-state index in [1.165, 1.54) is 70.6 Å². The molecule has 0 aliphatic rings. The molecule has 0 aromatic rings. The summed E-state index contributed by atoms with van der Waals surface area (Å²) in [5.74, 6) is 0.104. The van der Waals surface area contributed by atoms with Crippen LogP contribution in [0.1, 0.15) is 110 Å². The van der Waals surface area contributed by atoms with Crippen molar-refractivity contribution in [2.75, 3.05) is 0 Å². The molecule has 0 aliphatic heterocycles. The van der Waals surface area contributed by atoms with E-state index in [9.17, 15) is 10.2 Å². The van der Waals surface area contributed by atoms with Crippen LogP contribution in [-0.2, 0) is 0 Å². The Bertz CT molecular complexity index is 192. The molecule has 0 aliphatic carbocycles. The lowest BCUT2D eigenvalue weighted by atomic mass is 9.93. The third-order valence-corrected chi connectivity index (χ3v) is 4.53. The minimum atomic E-state index is -1.11. The van der Waals surface area contributed by atoms with Crippen molar-refractivity contribution in [2.24, 2.45) is 5.92 Å². The van der Waals surface area contributed by atoms with Gasteiger partial charge in [-0.3, -0.25) is 0 Å². The van der Waals surface area contributed by atoms with Gasteiger partial charge >= 0.3 is 0 Å². The molecule has 0 saturated heterocycles. The van der Waals surface area contributed by atoms with Crippen LogP contribution in [0.4, 0.5) is 0 Å². The van der Waals surface area contributed by atoms with E-state index in [4.69, 9.17) is 0 Å². The van der Waals surface area contributed by atoms with E-state index in [0.717, 1.165) is 25.7 Å². The van der Waals surface area contributed by atoms with Crippen LogP contribution in [0.5, 0.6) is 0 Å². The fourth-order valence-corrected chi connectivity index (χ4v) is 2.99. The summed E-state index contributed by atoms with van der Waals surface area (Å²) in [6, 6.07) is 0. The quantitative estimate of drug-likeness (QED) is 0.279. The molecule has 2 nitrogen and oxygen atoms in total. The normalized spacial score (nSPS) is 13.0. The molecule has 0 rings (SSSR count). The number of hydrogen-bond acceptors (Lipinski definition) is 2. The van der Waals surface area contributed by atoms with Crippen molar-refractivity contribution in [3.05, 3.63) is 0 Å². The van der Waals surface area contributed by atoms with Gasteiger partial charge in [0.2, 0.25) is 0 Å². The highest BCUT2D eigenvalue weighted by atomic mass is 16.5. The highest BCUT2D eigenvalue weighted by Crippen LogP contribution is 2.21. The van der Waals surface area contributed by atoms with Crippen LogP contribution in [0.15, 0.2) is 0 Å². The topological polar surface area (TPSA) is 40.5 Å². The van der Waals surface area contributed by atoms with Crippen LogP contribution >= 0.6 is 0 Å². The zero-order valence-electron chi connectivity index (χ0n) is 14.7. The predicted molar refractivity (Wildman–Crippen MR) is 92.3 cm³/mol. The molecule has 0 heterocycles. The second kappa shape index (κ2) is 16.3. The first kappa shape index (κ1) is 20.9. The summed E-state index contributed by atoms with van der Waals surface area (Å²) in [7, 11) is 0. The molecule has 0 bridgehead atoms. The molecule has 0 fully saturated rings. The number of hydrogen-bond donors (Lipinski definition) is 2. The molecule has 0 radical (unpaired) electrons. The predicted octanol–water partition coefficient (Wildman–Crippen LogP) is 5.80. The standard InChI is InChI=1S/C19H40O2/c1-3-5-7-9-11-13-15-17-18(19(20)21)16-14-12-10-8-6-4-2/h18-21H,3-17H2,1-2H3. The monoisotopic (exact) mass is 300 g/mol. The van der Waals surface area contributed by atoms with Crippen molar-refractivity contribution in [1.29, 1.82) is 0 Å². The van der Waals surface area contributed by atoms with E-state index < -0.39 is 6.29 Å². The van der Waals surface area contributed by atoms with Crippen LogP contribution in [0, 0.1) is 5.92 Å². The van der Waals surface area contributed by atoms with Gasteiger partial charge in [0.1, 0.15) is 0 Å². The Balaban J connectivity index is 3.50. The first-order chi connectivity index (χ1) is 10.2.